The zero-order chi connectivity index (χ0) is 31.0. The molecule has 9 heteroatoms. The molecule has 0 unspecified atom stereocenters. The number of piperidine rings is 2. The van der Waals surface area contributed by atoms with E-state index in [9.17, 15) is 18.0 Å². The molecule has 1 aromatic heterocycles. The van der Waals surface area contributed by atoms with Crippen LogP contribution in [-0.4, -0.2) is 72.0 Å². The lowest BCUT2D eigenvalue weighted by Gasteiger charge is -2.49. The Kier molecular flexibility index (Phi) is 8.33. The number of urea groups is 1. The summed E-state index contributed by atoms with van der Waals surface area (Å²) in [6.45, 7) is 2.77. The molecule has 8 nitrogen and oxygen atoms in total. The summed E-state index contributed by atoms with van der Waals surface area (Å²) in [6.07, 6.45) is 8.95. The molecular weight excluding hydrogens is 584 g/mol. The van der Waals surface area contributed by atoms with Crippen LogP contribution in [-0.2, 0) is 16.4 Å². The van der Waals surface area contributed by atoms with Crippen molar-refractivity contribution < 1.29 is 13.2 Å². The number of amides is 2. The number of pyridine rings is 1. The van der Waals surface area contributed by atoms with Gasteiger partial charge in [0.25, 0.3) is 5.56 Å². The maximum absolute atomic E-state index is 14.3. The smallest absolute Gasteiger partial charge is 0.320 e. The average molecular weight is 629 g/mol. The van der Waals surface area contributed by atoms with Gasteiger partial charge in [0.15, 0.2) is 9.84 Å². The predicted octanol–water partition coefficient (Wildman–Crippen LogP) is 5.11. The Bertz CT molecular complexity index is 1660. The Hall–Kier alpha value is -3.43. The van der Waals surface area contributed by atoms with Crippen LogP contribution < -0.4 is 10.9 Å². The lowest BCUT2D eigenvalue weighted by atomic mass is 9.69. The zero-order valence-electron chi connectivity index (χ0n) is 25.9. The lowest BCUT2D eigenvalue weighted by Crippen LogP contribution is -2.59. The van der Waals surface area contributed by atoms with Gasteiger partial charge in [-0.25, -0.2) is 13.2 Å². The summed E-state index contributed by atoms with van der Waals surface area (Å²) < 4.78 is 25.4. The number of carbonyl (C=O) groups is 1. The summed E-state index contributed by atoms with van der Waals surface area (Å²) in [5.74, 6) is 0.772. The molecule has 1 saturated carbocycles. The standard InChI is InChI=1S/C36H44N4O4S/c41-34-21-29(27-9-3-1-4-10-27)13-18-38(34)23-30-14-19-39(26-36(30)16-7-8-17-36)35(42)40-20-15-31(37-32-24-45(43,44)25-32)22-33(40)28-11-5-2-6-12-28/h1-6,9-13,18,21,30-33,37H,7-8,14-17,19-20,22-26H2/t30-,31-,33-/m0/s1. The SMILES string of the molecule is O=C(N1CC[C@@H](Cn2ccc(-c3ccccc3)cc2=O)C2(CCCC2)C1)N1CC[C@H](NC2CS(=O)(=O)C2)C[C@H]1c1ccccc1. The van der Waals surface area contributed by atoms with Crippen LogP contribution in [0.1, 0.15) is 56.6 Å². The van der Waals surface area contributed by atoms with E-state index in [1.165, 1.54) is 12.8 Å². The van der Waals surface area contributed by atoms with Gasteiger partial charge >= 0.3 is 6.03 Å². The van der Waals surface area contributed by atoms with Gasteiger partial charge in [-0.1, -0.05) is 73.5 Å². The highest BCUT2D eigenvalue weighted by Crippen LogP contribution is 2.49. The van der Waals surface area contributed by atoms with Crippen LogP contribution in [0.15, 0.2) is 83.8 Å². The molecule has 7 rings (SSSR count). The van der Waals surface area contributed by atoms with E-state index in [0.717, 1.165) is 55.3 Å². The number of hydrogen-bond acceptors (Lipinski definition) is 5. The molecule has 2 aromatic carbocycles. The number of nitrogens with zero attached hydrogens (tertiary/aromatic N) is 3. The van der Waals surface area contributed by atoms with Gasteiger partial charge in [0.2, 0.25) is 0 Å². The quantitative estimate of drug-likeness (QED) is 0.410. The number of aromatic nitrogens is 1. The number of nitrogens with one attached hydrogen (secondary N) is 1. The summed E-state index contributed by atoms with van der Waals surface area (Å²) >= 11 is 0. The van der Waals surface area contributed by atoms with Gasteiger partial charge in [-0.05, 0) is 66.2 Å². The number of likely N-dealkylation sites (tertiary alicyclic amines) is 2. The highest BCUT2D eigenvalue weighted by molar-refractivity contribution is 7.92. The Morgan fingerprint density at radius 1 is 0.867 bits per heavy atom. The van der Waals surface area contributed by atoms with Crippen molar-refractivity contribution in [3.8, 4) is 11.1 Å². The van der Waals surface area contributed by atoms with Gasteiger partial charge in [0.1, 0.15) is 0 Å². The van der Waals surface area contributed by atoms with E-state index in [0.29, 0.717) is 25.6 Å². The number of sulfone groups is 1. The number of benzene rings is 2. The van der Waals surface area contributed by atoms with Gasteiger partial charge in [-0.2, -0.15) is 0 Å². The molecule has 4 aliphatic rings. The van der Waals surface area contributed by atoms with Crippen LogP contribution in [0.5, 0.6) is 0 Å². The molecule has 3 aliphatic heterocycles. The Morgan fingerprint density at radius 2 is 1.58 bits per heavy atom. The zero-order valence-corrected chi connectivity index (χ0v) is 26.7. The van der Waals surface area contributed by atoms with E-state index in [2.05, 4.69) is 27.2 Å². The fourth-order valence-corrected chi connectivity index (χ4v) is 9.84. The summed E-state index contributed by atoms with van der Waals surface area (Å²) in [7, 11) is -2.89. The van der Waals surface area contributed by atoms with Gasteiger partial charge in [0.05, 0.1) is 17.5 Å². The molecular formula is C36H44N4O4S. The van der Waals surface area contributed by atoms with E-state index in [-0.39, 0.29) is 46.6 Å². The lowest BCUT2D eigenvalue weighted by molar-refractivity contribution is 0.0206. The second-order valence-electron chi connectivity index (χ2n) is 13.8. The summed E-state index contributed by atoms with van der Waals surface area (Å²) in [4.78, 5) is 31.8. The van der Waals surface area contributed by atoms with Crippen LogP contribution in [0, 0.1) is 11.3 Å². The van der Waals surface area contributed by atoms with E-state index in [1.54, 1.807) is 6.07 Å². The summed E-state index contributed by atoms with van der Waals surface area (Å²) in [5, 5.41) is 3.58. The van der Waals surface area contributed by atoms with Crippen molar-refractivity contribution in [2.24, 2.45) is 11.3 Å². The van der Waals surface area contributed by atoms with E-state index < -0.39 is 9.84 Å². The molecule has 1 N–H and O–H groups in total. The molecule has 2 amide bonds. The number of rotatable bonds is 6. The minimum Gasteiger partial charge on any atom is -0.324 e. The van der Waals surface area contributed by atoms with Crippen molar-refractivity contribution in [3.63, 3.8) is 0 Å². The maximum atomic E-state index is 14.3. The van der Waals surface area contributed by atoms with Crippen molar-refractivity contribution in [1.82, 2.24) is 19.7 Å². The van der Waals surface area contributed by atoms with Crippen LogP contribution in [0.25, 0.3) is 11.1 Å². The topological polar surface area (TPSA) is 91.7 Å². The minimum absolute atomic E-state index is 0.0157. The van der Waals surface area contributed by atoms with Crippen molar-refractivity contribution in [2.45, 2.75) is 69.6 Å². The van der Waals surface area contributed by atoms with Crippen LogP contribution in [0.3, 0.4) is 0 Å². The first-order valence-corrected chi connectivity index (χ1v) is 18.4. The molecule has 4 fully saturated rings. The molecule has 3 saturated heterocycles. The third-order valence-corrected chi connectivity index (χ3v) is 12.7. The third-order valence-electron chi connectivity index (χ3n) is 10.9. The number of hydrogen-bond donors (Lipinski definition) is 1. The Balaban J connectivity index is 1.06. The fraction of sp³-hybridized carbons (Fsp3) is 0.500. The first-order chi connectivity index (χ1) is 21.8. The first-order valence-electron chi connectivity index (χ1n) is 16.6. The second kappa shape index (κ2) is 12.4. The predicted molar refractivity (Wildman–Crippen MR) is 177 cm³/mol. The van der Waals surface area contributed by atoms with Crippen molar-refractivity contribution in [2.75, 3.05) is 31.1 Å². The van der Waals surface area contributed by atoms with Gasteiger partial charge in [0, 0.05) is 50.5 Å². The monoisotopic (exact) mass is 628 g/mol. The summed E-state index contributed by atoms with van der Waals surface area (Å²) in [5.41, 5.74) is 3.18. The normalized spacial score (nSPS) is 26.1. The van der Waals surface area contributed by atoms with Crippen molar-refractivity contribution >= 4 is 15.9 Å². The third kappa shape index (κ3) is 6.34. The molecule has 0 bridgehead atoms. The largest absolute Gasteiger partial charge is 0.324 e. The average Bonchev–Trinajstić information content (AvgIpc) is 3.51. The fourth-order valence-electron chi connectivity index (χ4n) is 8.52. The van der Waals surface area contributed by atoms with Crippen molar-refractivity contribution in [1.29, 1.82) is 0 Å². The molecule has 0 radical (unpaired) electrons. The van der Waals surface area contributed by atoms with Crippen molar-refractivity contribution in [3.05, 3.63) is 94.9 Å². The Morgan fingerprint density at radius 3 is 2.27 bits per heavy atom. The molecule has 4 heterocycles. The van der Waals surface area contributed by atoms with E-state index >= 15 is 0 Å². The molecule has 3 aromatic rings. The van der Waals surface area contributed by atoms with Gasteiger partial charge < -0.3 is 19.7 Å². The second-order valence-corrected chi connectivity index (χ2v) is 16.0. The molecule has 1 spiro atoms. The highest BCUT2D eigenvalue weighted by Gasteiger charge is 2.48. The van der Waals surface area contributed by atoms with Gasteiger partial charge in [-0.15, -0.1) is 0 Å². The van der Waals surface area contributed by atoms with E-state index in [4.69, 9.17) is 0 Å². The maximum Gasteiger partial charge on any atom is 0.320 e. The molecule has 1 aliphatic carbocycles. The highest BCUT2D eigenvalue weighted by atomic mass is 32.2. The molecule has 238 valence electrons. The van der Waals surface area contributed by atoms with E-state index in [1.807, 2.05) is 65.4 Å². The van der Waals surface area contributed by atoms with Crippen LogP contribution in [0.4, 0.5) is 4.79 Å². The molecule has 45 heavy (non-hydrogen) atoms. The number of carbonyl (C=O) groups excluding carboxylic acids is 1. The first kappa shape index (κ1) is 30.2. The molecule has 3 atom stereocenters. The van der Waals surface area contributed by atoms with Gasteiger partial charge in [-0.3, -0.25) is 4.79 Å². The summed E-state index contributed by atoms with van der Waals surface area (Å²) in [6, 6.07) is 24.3. The minimum atomic E-state index is -2.89. The van der Waals surface area contributed by atoms with Crippen LogP contribution in [0.2, 0.25) is 0 Å². The van der Waals surface area contributed by atoms with Crippen LogP contribution >= 0.6 is 0 Å². The Labute approximate surface area is 266 Å².